The predicted octanol–water partition coefficient (Wildman–Crippen LogP) is 3.72. The summed E-state index contributed by atoms with van der Waals surface area (Å²) in [6.07, 6.45) is 0.878. The second-order valence-electron chi connectivity index (χ2n) is 8.23. The maximum atomic E-state index is 5.01. The van der Waals surface area contributed by atoms with Gasteiger partial charge in [0.15, 0.2) is 5.65 Å². The second-order valence-corrected chi connectivity index (χ2v) is 8.23. The summed E-state index contributed by atoms with van der Waals surface area (Å²) in [4.78, 5) is 13.3. The van der Waals surface area contributed by atoms with E-state index in [1.165, 1.54) is 17.1 Å². The van der Waals surface area contributed by atoms with Gasteiger partial charge < -0.3 is 4.90 Å². The van der Waals surface area contributed by atoms with Crippen LogP contribution in [0.15, 0.2) is 54.6 Å². The lowest BCUT2D eigenvalue weighted by Gasteiger charge is -2.32. The van der Waals surface area contributed by atoms with Crippen LogP contribution in [0.1, 0.15) is 24.0 Å². The quantitative estimate of drug-likeness (QED) is 0.512. The summed E-state index contributed by atoms with van der Waals surface area (Å²) in [5, 5.41) is 5.01. The lowest BCUT2D eigenvalue weighted by Crippen LogP contribution is -2.48. The van der Waals surface area contributed by atoms with E-state index in [-0.39, 0.29) is 0 Å². The Kier molecular flexibility index (Phi) is 5.06. The summed E-state index contributed by atoms with van der Waals surface area (Å²) in [5.74, 6) is 2.32. The van der Waals surface area contributed by atoms with Crippen molar-refractivity contribution in [2.24, 2.45) is 0 Å². The average molecular weight is 414 g/mol. The Labute approximate surface area is 183 Å². The Balaban J connectivity index is 1.50. The lowest BCUT2D eigenvalue weighted by atomic mass is 10.0. The molecular weight excluding hydrogens is 384 g/mol. The molecule has 0 radical (unpaired) electrons. The van der Waals surface area contributed by atoms with E-state index in [1.807, 2.05) is 0 Å². The van der Waals surface area contributed by atoms with Crippen LogP contribution in [0, 0.1) is 13.8 Å². The van der Waals surface area contributed by atoms with E-state index in [9.17, 15) is 0 Å². The average Bonchev–Trinajstić information content (AvgIpc) is 3.17. The van der Waals surface area contributed by atoms with E-state index in [0.717, 1.165) is 61.0 Å². The van der Waals surface area contributed by atoms with Gasteiger partial charge in [-0.3, -0.25) is 4.90 Å². The Morgan fingerprint density at radius 2 is 1.65 bits per heavy atom. The molecule has 0 aliphatic carbocycles. The fourth-order valence-electron chi connectivity index (χ4n) is 4.47. The van der Waals surface area contributed by atoms with E-state index in [4.69, 9.17) is 10.1 Å². The number of nitrogens with one attached hydrogen (secondary N) is 1. The van der Waals surface area contributed by atoms with Gasteiger partial charge in [0, 0.05) is 23.4 Å². The van der Waals surface area contributed by atoms with Gasteiger partial charge in [-0.05, 0) is 31.9 Å². The molecule has 0 amide bonds. The Hall–Kier alpha value is -3.41. The molecule has 0 unspecified atom stereocenters. The van der Waals surface area contributed by atoms with Crippen LogP contribution in [0.2, 0.25) is 0 Å². The van der Waals surface area contributed by atoms with E-state index in [0.29, 0.717) is 0 Å². The number of nitrogens with zero attached hydrogens (tertiary/aromatic N) is 5. The van der Waals surface area contributed by atoms with Crippen LogP contribution in [-0.2, 0) is 6.42 Å². The predicted molar refractivity (Wildman–Crippen MR) is 125 cm³/mol. The number of aromatic amines is 1. The maximum Gasteiger partial charge on any atom is 0.274 e. The van der Waals surface area contributed by atoms with Crippen LogP contribution in [0.3, 0.4) is 0 Å². The highest BCUT2D eigenvalue weighted by Crippen LogP contribution is 2.31. The van der Waals surface area contributed by atoms with Gasteiger partial charge in [-0.2, -0.15) is 9.61 Å². The number of hydrogen-bond acceptors (Lipinski definition) is 4. The van der Waals surface area contributed by atoms with Crippen molar-refractivity contribution in [3.05, 3.63) is 71.7 Å². The zero-order chi connectivity index (χ0) is 21.4. The summed E-state index contributed by atoms with van der Waals surface area (Å²) < 4.78 is 2.06. The molecule has 4 heterocycles. The lowest BCUT2D eigenvalue weighted by molar-refractivity contribution is -0.373. The van der Waals surface area contributed by atoms with Crippen LogP contribution in [-0.4, -0.2) is 40.8 Å². The van der Waals surface area contributed by atoms with Crippen molar-refractivity contribution >= 4 is 17.3 Å². The van der Waals surface area contributed by atoms with Crippen LogP contribution in [0.5, 0.6) is 0 Å². The zero-order valence-electron chi connectivity index (χ0n) is 18.5. The molecule has 5 rings (SSSR count). The van der Waals surface area contributed by atoms with Crippen LogP contribution >= 0.6 is 0 Å². The highest BCUT2D eigenvalue weighted by molar-refractivity contribution is 5.81. The van der Waals surface area contributed by atoms with Gasteiger partial charge in [0.25, 0.3) is 5.82 Å². The summed E-state index contributed by atoms with van der Waals surface area (Å²) in [5.41, 5.74) is 6.59. The van der Waals surface area contributed by atoms with E-state index < -0.39 is 0 Å². The molecule has 1 aromatic carbocycles. The third kappa shape index (κ3) is 3.63. The first-order valence-corrected chi connectivity index (χ1v) is 11.1. The number of aromatic nitrogens is 4. The van der Waals surface area contributed by atoms with Gasteiger partial charge in [0.1, 0.15) is 18.9 Å². The third-order valence-electron chi connectivity index (χ3n) is 6.04. The third-order valence-corrected chi connectivity index (χ3v) is 6.04. The number of piperazine rings is 1. The van der Waals surface area contributed by atoms with Crippen molar-refractivity contribution in [3.8, 4) is 11.1 Å². The number of fused-ring (bicyclic) bond motifs is 1. The number of H-pyrrole nitrogens is 1. The minimum absolute atomic E-state index is 0.878. The molecule has 0 bridgehead atoms. The molecule has 158 valence electrons. The fraction of sp³-hybridized carbons (Fsp3) is 0.320. The Morgan fingerprint density at radius 1 is 0.903 bits per heavy atom. The number of pyridine rings is 1. The smallest absolute Gasteiger partial charge is 0.274 e. The van der Waals surface area contributed by atoms with Gasteiger partial charge >= 0.3 is 0 Å². The van der Waals surface area contributed by atoms with Crippen molar-refractivity contribution in [2.45, 2.75) is 27.2 Å². The Morgan fingerprint density at radius 3 is 2.35 bits per heavy atom. The molecule has 4 aromatic rings. The SMILES string of the molecule is CCc1nn2c(N3CCN(c4cccc(C)[nH+]4)CC3)cc(C)nc2c1-c1ccccc1. The number of rotatable bonds is 4. The molecule has 1 saturated heterocycles. The number of anilines is 2. The first-order chi connectivity index (χ1) is 15.1. The van der Waals surface area contributed by atoms with Crippen LogP contribution in [0.25, 0.3) is 16.8 Å². The molecule has 0 atom stereocenters. The molecule has 1 aliphatic rings. The molecule has 0 saturated carbocycles. The summed E-state index contributed by atoms with van der Waals surface area (Å²) in [6.45, 7) is 10.2. The molecular formula is C25H29N6+. The van der Waals surface area contributed by atoms with Gasteiger partial charge in [-0.15, -0.1) is 0 Å². The summed E-state index contributed by atoms with van der Waals surface area (Å²) in [7, 11) is 0. The molecule has 1 N–H and O–H groups in total. The molecule has 1 aliphatic heterocycles. The van der Waals surface area contributed by atoms with E-state index in [2.05, 4.69) is 94.7 Å². The largest absolute Gasteiger partial charge is 0.349 e. The maximum absolute atomic E-state index is 5.01. The van der Waals surface area contributed by atoms with E-state index >= 15 is 0 Å². The van der Waals surface area contributed by atoms with Crippen molar-refractivity contribution in [1.82, 2.24) is 14.6 Å². The van der Waals surface area contributed by atoms with Crippen molar-refractivity contribution in [3.63, 3.8) is 0 Å². The van der Waals surface area contributed by atoms with Gasteiger partial charge in [0.05, 0.1) is 24.5 Å². The first-order valence-electron chi connectivity index (χ1n) is 11.1. The van der Waals surface area contributed by atoms with Crippen molar-refractivity contribution < 1.29 is 4.98 Å². The van der Waals surface area contributed by atoms with Gasteiger partial charge in [-0.1, -0.05) is 43.3 Å². The highest BCUT2D eigenvalue weighted by Gasteiger charge is 2.26. The minimum Gasteiger partial charge on any atom is -0.349 e. The molecule has 3 aromatic heterocycles. The van der Waals surface area contributed by atoms with Crippen molar-refractivity contribution in [1.29, 1.82) is 0 Å². The van der Waals surface area contributed by atoms with Gasteiger partial charge in [-0.25, -0.2) is 9.97 Å². The van der Waals surface area contributed by atoms with Crippen LogP contribution < -0.4 is 14.8 Å². The molecule has 6 heteroatoms. The number of benzene rings is 1. The normalized spacial score (nSPS) is 14.4. The topological polar surface area (TPSA) is 50.8 Å². The number of hydrogen-bond donors (Lipinski definition) is 0. The van der Waals surface area contributed by atoms with Crippen molar-refractivity contribution in [2.75, 3.05) is 36.0 Å². The summed E-state index contributed by atoms with van der Waals surface area (Å²) >= 11 is 0. The summed E-state index contributed by atoms with van der Waals surface area (Å²) in [6, 6.07) is 19.1. The molecule has 0 spiro atoms. The minimum atomic E-state index is 0.878. The zero-order valence-corrected chi connectivity index (χ0v) is 18.5. The highest BCUT2D eigenvalue weighted by atomic mass is 15.4. The Bertz CT molecular complexity index is 1210. The fourth-order valence-corrected chi connectivity index (χ4v) is 4.47. The first kappa shape index (κ1) is 19.5. The number of aryl methyl sites for hydroxylation is 3. The molecule has 1 fully saturated rings. The monoisotopic (exact) mass is 413 g/mol. The standard InChI is InChI=1S/C25H28N6/c1-4-21-24(20-10-6-5-7-11-20)25-27-19(3)17-23(31(25)28-21)30-15-13-29(14-16-30)22-12-8-9-18(2)26-22/h5-12,17H,4,13-16H2,1-3H3/p+1. The second kappa shape index (κ2) is 8.02. The van der Waals surface area contributed by atoms with Gasteiger partial charge in [0.2, 0.25) is 0 Å². The van der Waals surface area contributed by atoms with Crippen LogP contribution in [0.4, 0.5) is 11.6 Å². The van der Waals surface area contributed by atoms with E-state index in [1.54, 1.807) is 0 Å². The molecule has 6 nitrogen and oxygen atoms in total. The molecule has 31 heavy (non-hydrogen) atoms.